The number of imide groups is 1. The van der Waals surface area contributed by atoms with E-state index in [9.17, 15) is 28.8 Å². The van der Waals surface area contributed by atoms with E-state index in [0.29, 0.717) is 16.9 Å². The van der Waals surface area contributed by atoms with Crippen LogP contribution in [0, 0.1) is 5.41 Å². The minimum Gasteiger partial charge on any atom is -0.465 e. The van der Waals surface area contributed by atoms with E-state index in [1.54, 1.807) is 38.1 Å². The number of nitrogens with zero attached hydrogens (tertiary/aromatic N) is 1. The second-order valence-corrected chi connectivity index (χ2v) is 9.46. The molecule has 1 aromatic rings. The Bertz CT molecular complexity index is 975. The topological polar surface area (TPSA) is 148 Å². The predicted molar refractivity (Wildman–Crippen MR) is 126 cm³/mol. The van der Waals surface area contributed by atoms with Crippen molar-refractivity contribution in [2.24, 2.45) is 5.41 Å². The van der Waals surface area contributed by atoms with E-state index in [1.807, 2.05) is 0 Å². The quantitative estimate of drug-likeness (QED) is 0.183. The van der Waals surface area contributed by atoms with Gasteiger partial charge in [-0.25, -0.2) is 4.31 Å². The average Bonchev–Trinajstić information content (AvgIpc) is 3.03. The summed E-state index contributed by atoms with van der Waals surface area (Å²) in [4.78, 5) is 71.8. The van der Waals surface area contributed by atoms with Crippen LogP contribution in [0.15, 0.2) is 24.3 Å². The minimum absolute atomic E-state index is 0.0162. The molecular weight excluding hydrogens is 478 g/mol. The number of hydrogen-bond acceptors (Lipinski definition) is 9. The molecule has 0 aliphatic carbocycles. The fraction of sp³-hybridized carbons (Fsp3) is 0.478. The molecule has 2 rings (SSSR count). The first-order valence-corrected chi connectivity index (χ1v) is 11.8. The SMILES string of the molecule is CC(=O)OCC(C)(C)C(OC(C)=O)C(=O)NCCC(=O)NCCSN1C(=O)c2ccccc2C1=O. The van der Waals surface area contributed by atoms with E-state index in [2.05, 4.69) is 10.6 Å². The second kappa shape index (κ2) is 12.3. The minimum atomic E-state index is -1.22. The zero-order chi connectivity index (χ0) is 26.2. The van der Waals surface area contributed by atoms with Crippen molar-refractivity contribution in [3.63, 3.8) is 0 Å². The van der Waals surface area contributed by atoms with Crippen LogP contribution in [0.1, 0.15) is 54.8 Å². The highest BCUT2D eigenvalue weighted by Gasteiger charge is 2.39. The lowest BCUT2D eigenvalue weighted by molar-refractivity contribution is -0.166. The Balaban J connectivity index is 1.74. The third kappa shape index (κ3) is 7.81. The van der Waals surface area contributed by atoms with Crippen molar-refractivity contribution in [3.05, 3.63) is 35.4 Å². The Kier molecular flexibility index (Phi) is 9.81. The maximum absolute atomic E-state index is 12.6. The zero-order valence-corrected chi connectivity index (χ0v) is 20.9. The predicted octanol–water partition coefficient (Wildman–Crippen LogP) is 1.07. The number of rotatable bonds is 12. The first kappa shape index (κ1) is 27.8. The first-order chi connectivity index (χ1) is 16.4. The molecule has 1 unspecified atom stereocenters. The Morgan fingerprint density at radius 3 is 2.11 bits per heavy atom. The molecule has 1 atom stereocenters. The lowest BCUT2D eigenvalue weighted by Gasteiger charge is -2.31. The Morgan fingerprint density at radius 2 is 1.57 bits per heavy atom. The molecule has 1 heterocycles. The maximum Gasteiger partial charge on any atom is 0.303 e. The maximum atomic E-state index is 12.6. The van der Waals surface area contributed by atoms with Gasteiger partial charge in [-0.2, -0.15) is 0 Å². The highest BCUT2D eigenvalue weighted by molar-refractivity contribution is 7.98. The highest BCUT2D eigenvalue weighted by Crippen LogP contribution is 2.28. The molecule has 0 bridgehead atoms. The van der Waals surface area contributed by atoms with Crippen LogP contribution < -0.4 is 10.6 Å². The third-order valence-electron chi connectivity index (χ3n) is 4.93. The van der Waals surface area contributed by atoms with Gasteiger partial charge in [0, 0.05) is 44.5 Å². The molecule has 190 valence electrons. The van der Waals surface area contributed by atoms with Gasteiger partial charge in [0.1, 0.15) is 6.61 Å². The van der Waals surface area contributed by atoms with Crippen molar-refractivity contribution < 1.29 is 38.2 Å². The van der Waals surface area contributed by atoms with Gasteiger partial charge < -0.3 is 20.1 Å². The van der Waals surface area contributed by atoms with Gasteiger partial charge in [-0.3, -0.25) is 28.8 Å². The molecule has 35 heavy (non-hydrogen) atoms. The number of nitrogens with one attached hydrogen (secondary N) is 2. The largest absolute Gasteiger partial charge is 0.465 e. The van der Waals surface area contributed by atoms with Crippen molar-refractivity contribution in [1.29, 1.82) is 0 Å². The molecule has 0 spiro atoms. The molecule has 0 radical (unpaired) electrons. The van der Waals surface area contributed by atoms with E-state index in [4.69, 9.17) is 9.47 Å². The number of amides is 4. The standard InChI is InChI=1S/C23H29N3O8S/c1-14(27)33-13-23(3,4)19(34-15(2)28)20(30)25-10-9-18(29)24-11-12-35-26-21(31)16-7-5-6-8-17(16)22(26)32/h5-8,19H,9-13H2,1-4H3,(H,24,29)(H,25,30). The molecule has 1 aliphatic heterocycles. The molecule has 0 saturated carbocycles. The third-order valence-corrected chi connectivity index (χ3v) is 5.91. The van der Waals surface area contributed by atoms with Gasteiger partial charge in [0.25, 0.3) is 17.7 Å². The summed E-state index contributed by atoms with van der Waals surface area (Å²) in [5.41, 5.74) is -0.286. The van der Waals surface area contributed by atoms with E-state index < -0.39 is 29.4 Å². The molecule has 0 aromatic heterocycles. The lowest BCUT2D eigenvalue weighted by Crippen LogP contribution is -2.49. The number of carbonyl (C=O) groups is 6. The van der Waals surface area contributed by atoms with Crippen molar-refractivity contribution in [1.82, 2.24) is 14.9 Å². The molecule has 1 aliphatic rings. The van der Waals surface area contributed by atoms with Gasteiger partial charge in [-0.05, 0) is 24.1 Å². The summed E-state index contributed by atoms with van der Waals surface area (Å²) in [7, 11) is 0. The van der Waals surface area contributed by atoms with Crippen molar-refractivity contribution in [3.8, 4) is 0 Å². The van der Waals surface area contributed by atoms with Crippen LogP contribution in [-0.2, 0) is 28.7 Å². The zero-order valence-electron chi connectivity index (χ0n) is 20.0. The number of hydrogen-bond donors (Lipinski definition) is 2. The summed E-state index contributed by atoms with van der Waals surface area (Å²) in [6.45, 7) is 5.67. The van der Waals surface area contributed by atoms with Crippen molar-refractivity contribution in [2.45, 2.75) is 40.2 Å². The smallest absolute Gasteiger partial charge is 0.303 e. The van der Waals surface area contributed by atoms with Crippen LogP contribution in [-0.4, -0.2) is 71.4 Å². The van der Waals surface area contributed by atoms with E-state index in [-0.39, 0.29) is 43.8 Å². The van der Waals surface area contributed by atoms with E-state index in [1.165, 1.54) is 6.92 Å². The summed E-state index contributed by atoms with van der Waals surface area (Å²) in [5, 5.41) is 5.20. The number of ether oxygens (including phenoxy) is 2. The van der Waals surface area contributed by atoms with Crippen LogP contribution in [0.5, 0.6) is 0 Å². The van der Waals surface area contributed by atoms with E-state index >= 15 is 0 Å². The van der Waals surface area contributed by atoms with Crippen LogP contribution >= 0.6 is 11.9 Å². The lowest BCUT2D eigenvalue weighted by atomic mass is 9.86. The summed E-state index contributed by atoms with van der Waals surface area (Å²) < 4.78 is 11.2. The monoisotopic (exact) mass is 507 g/mol. The van der Waals surface area contributed by atoms with Gasteiger partial charge in [-0.15, -0.1) is 0 Å². The molecule has 0 fully saturated rings. The van der Waals surface area contributed by atoms with Crippen LogP contribution in [0.3, 0.4) is 0 Å². The number of fused-ring (bicyclic) bond motifs is 1. The fourth-order valence-corrected chi connectivity index (χ4v) is 4.00. The molecule has 11 nitrogen and oxygen atoms in total. The molecular formula is C23H29N3O8S. The second-order valence-electron chi connectivity index (χ2n) is 8.43. The number of carbonyl (C=O) groups excluding carboxylic acids is 6. The normalized spacial score (nSPS) is 13.7. The molecule has 2 N–H and O–H groups in total. The number of benzene rings is 1. The fourth-order valence-electron chi connectivity index (χ4n) is 3.19. The summed E-state index contributed by atoms with van der Waals surface area (Å²) in [6, 6.07) is 6.56. The Labute approximate surface area is 207 Å². The van der Waals surface area contributed by atoms with E-state index in [0.717, 1.165) is 23.2 Å². The van der Waals surface area contributed by atoms with Gasteiger partial charge in [0.2, 0.25) is 5.91 Å². The summed E-state index contributed by atoms with van der Waals surface area (Å²) >= 11 is 1.01. The molecule has 0 saturated heterocycles. The molecule has 12 heteroatoms. The van der Waals surface area contributed by atoms with Crippen LogP contribution in [0.25, 0.3) is 0 Å². The summed E-state index contributed by atoms with van der Waals surface area (Å²) in [6.07, 6.45) is -1.26. The van der Waals surface area contributed by atoms with Gasteiger partial charge >= 0.3 is 11.9 Å². The molecule has 4 amide bonds. The average molecular weight is 508 g/mol. The van der Waals surface area contributed by atoms with Crippen molar-refractivity contribution in [2.75, 3.05) is 25.4 Å². The van der Waals surface area contributed by atoms with Crippen LogP contribution in [0.2, 0.25) is 0 Å². The van der Waals surface area contributed by atoms with Crippen LogP contribution in [0.4, 0.5) is 0 Å². The van der Waals surface area contributed by atoms with Gasteiger partial charge in [0.15, 0.2) is 6.10 Å². The Hall–Kier alpha value is -3.41. The summed E-state index contributed by atoms with van der Waals surface area (Å²) in [5.74, 6) is -2.65. The Morgan fingerprint density at radius 1 is 0.971 bits per heavy atom. The number of esters is 2. The first-order valence-electron chi connectivity index (χ1n) is 10.9. The van der Waals surface area contributed by atoms with Gasteiger partial charge in [-0.1, -0.05) is 26.0 Å². The van der Waals surface area contributed by atoms with Crippen molar-refractivity contribution >= 4 is 47.5 Å². The van der Waals surface area contributed by atoms with Gasteiger partial charge in [0.05, 0.1) is 11.1 Å². The highest BCUT2D eigenvalue weighted by atomic mass is 32.2. The molecule has 1 aromatic carbocycles.